The standard InChI is InChI=1S/C9H15N3O2S/c13-15(14)5-2-8(3-6-15)12-9-1-4-10-7-11-9/h1,4,7-8,13-14H,2-3,5-6H2,(H,10,11,12). The Morgan fingerprint density at radius 1 is 1.33 bits per heavy atom. The Morgan fingerprint density at radius 2 is 2.07 bits per heavy atom. The van der Waals surface area contributed by atoms with Gasteiger partial charge in [0.15, 0.2) is 0 Å². The fourth-order valence-electron chi connectivity index (χ4n) is 1.64. The van der Waals surface area contributed by atoms with E-state index in [1.54, 1.807) is 6.20 Å². The van der Waals surface area contributed by atoms with Crippen molar-refractivity contribution < 1.29 is 9.11 Å². The summed E-state index contributed by atoms with van der Waals surface area (Å²) in [6.45, 7) is 0. The maximum absolute atomic E-state index is 9.44. The zero-order valence-corrected chi connectivity index (χ0v) is 9.15. The van der Waals surface area contributed by atoms with E-state index >= 15 is 0 Å². The second-order valence-corrected chi connectivity index (χ2v) is 6.14. The number of hydrogen-bond donors (Lipinski definition) is 3. The summed E-state index contributed by atoms with van der Waals surface area (Å²) >= 11 is 0. The van der Waals surface area contributed by atoms with Crippen LogP contribution in [0.3, 0.4) is 0 Å². The minimum absolute atomic E-state index is 0.292. The molecule has 0 amide bonds. The first kappa shape index (κ1) is 10.7. The highest BCUT2D eigenvalue weighted by Gasteiger charge is 2.23. The molecule has 3 N–H and O–H groups in total. The highest BCUT2D eigenvalue weighted by molar-refractivity contribution is 8.24. The fraction of sp³-hybridized carbons (Fsp3) is 0.556. The fourth-order valence-corrected chi connectivity index (χ4v) is 3.17. The molecule has 6 heteroatoms. The van der Waals surface area contributed by atoms with Crippen molar-refractivity contribution in [3.05, 3.63) is 18.6 Å². The minimum Gasteiger partial charge on any atom is -0.367 e. The van der Waals surface area contributed by atoms with Gasteiger partial charge >= 0.3 is 0 Å². The molecule has 1 aliphatic rings. The van der Waals surface area contributed by atoms with Crippen molar-refractivity contribution in [2.24, 2.45) is 0 Å². The Hall–Kier alpha value is -0.850. The van der Waals surface area contributed by atoms with Gasteiger partial charge < -0.3 is 5.32 Å². The third kappa shape index (κ3) is 3.05. The number of nitrogens with zero attached hydrogens (tertiary/aromatic N) is 2. The van der Waals surface area contributed by atoms with E-state index in [4.69, 9.17) is 0 Å². The average molecular weight is 229 g/mol. The van der Waals surface area contributed by atoms with Crippen LogP contribution < -0.4 is 5.32 Å². The molecule has 15 heavy (non-hydrogen) atoms. The molecule has 1 fully saturated rings. The van der Waals surface area contributed by atoms with Crippen LogP contribution in [0, 0.1) is 0 Å². The Labute approximate surface area is 90.3 Å². The number of anilines is 1. The third-order valence-electron chi connectivity index (χ3n) is 2.52. The summed E-state index contributed by atoms with van der Waals surface area (Å²) in [5.74, 6) is 1.79. The molecule has 0 spiro atoms. The summed E-state index contributed by atoms with van der Waals surface area (Å²) in [4.78, 5) is 7.90. The van der Waals surface area contributed by atoms with Crippen molar-refractivity contribution in [3.8, 4) is 0 Å². The van der Waals surface area contributed by atoms with Gasteiger partial charge in [-0.2, -0.15) is 10.6 Å². The van der Waals surface area contributed by atoms with E-state index in [1.807, 2.05) is 6.07 Å². The molecule has 2 heterocycles. The van der Waals surface area contributed by atoms with Gasteiger partial charge in [-0.25, -0.2) is 9.97 Å². The second kappa shape index (κ2) is 4.34. The molecule has 0 unspecified atom stereocenters. The monoisotopic (exact) mass is 229 g/mol. The lowest BCUT2D eigenvalue weighted by molar-refractivity contribution is 0.462. The summed E-state index contributed by atoms with van der Waals surface area (Å²) in [7, 11) is -2.28. The molecule has 84 valence electrons. The van der Waals surface area contributed by atoms with Gasteiger partial charge in [0.05, 0.1) is 0 Å². The van der Waals surface area contributed by atoms with Crippen LogP contribution in [0.1, 0.15) is 12.8 Å². The molecular formula is C9H15N3O2S. The zero-order chi connectivity index (χ0) is 10.7. The van der Waals surface area contributed by atoms with Crippen molar-refractivity contribution in [2.45, 2.75) is 18.9 Å². The maximum atomic E-state index is 9.44. The Bertz CT molecular complexity index is 310. The van der Waals surface area contributed by atoms with Crippen molar-refractivity contribution in [3.63, 3.8) is 0 Å². The largest absolute Gasteiger partial charge is 0.367 e. The van der Waals surface area contributed by atoms with Gasteiger partial charge in [-0.1, -0.05) is 0 Å². The molecule has 1 aliphatic heterocycles. The van der Waals surface area contributed by atoms with Gasteiger partial charge in [-0.05, 0) is 18.9 Å². The first-order valence-corrected chi connectivity index (χ1v) is 6.80. The molecule has 1 aromatic rings. The number of rotatable bonds is 2. The van der Waals surface area contributed by atoms with Gasteiger partial charge in [-0.3, -0.25) is 9.11 Å². The molecule has 0 saturated carbocycles. The molecule has 1 aromatic heterocycles. The summed E-state index contributed by atoms with van der Waals surface area (Å²) in [5.41, 5.74) is 0. The van der Waals surface area contributed by atoms with E-state index < -0.39 is 10.6 Å². The molecule has 1 saturated heterocycles. The van der Waals surface area contributed by atoms with E-state index in [-0.39, 0.29) is 0 Å². The number of aromatic nitrogens is 2. The van der Waals surface area contributed by atoms with Crippen LogP contribution in [0.5, 0.6) is 0 Å². The van der Waals surface area contributed by atoms with Gasteiger partial charge in [0.1, 0.15) is 12.1 Å². The van der Waals surface area contributed by atoms with Crippen LogP contribution in [0.2, 0.25) is 0 Å². The molecule has 0 atom stereocenters. The molecule has 0 bridgehead atoms. The van der Waals surface area contributed by atoms with Crippen LogP contribution in [-0.2, 0) is 0 Å². The Balaban J connectivity index is 1.88. The normalized spacial score (nSPS) is 23.3. The smallest absolute Gasteiger partial charge is 0.129 e. The molecule has 5 nitrogen and oxygen atoms in total. The zero-order valence-electron chi connectivity index (χ0n) is 8.33. The number of hydrogen-bond acceptors (Lipinski definition) is 5. The predicted octanol–water partition coefficient (Wildman–Crippen LogP) is 1.80. The molecular weight excluding hydrogens is 214 g/mol. The lowest BCUT2D eigenvalue weighted by atomic mass is 10.1. The van der Waals surface area contributed by atoms with Crippen LogP contribution in [-0.4, -0.2) is 36.6 Å². The van der Waals surface area contributed by atoms with Crippen molar-refractivity contribution in [1.29, 1.82) is 0 Å². The van der Waals surface area contributed by atoms with Crippen molar-refractivity contribution >= 4 is 16.4 Å². The van der Waals surface area contributed by atoms with E-state index in [0.29, 0.717) is 17.5 Å². The van der Waals surface area contributed by atoms with Crippen LogP contribution in [0.25, 0.3) is 0 Å². The van der Waals surface area contributed by atoms with Crippen LogP contribution >= 0.6 is 10.6 Å². The van der Waals surface area contributed by atoms with Gasteiger partial charge in [0, 0.05) is 23.7 Å². The first-order chi connectivity index (χ1) is 7.16. The second-order valence-electron chi connectivity index (χ2n) is 3.72. The third-order valence-corrected chi connectivity index (χ3v) is 4.30. The van der Waals surface area contributed by atoms with Crippen molar-refractivity contribution in [1.82, 2.24) is 9.97 Å². The van der Waals surface area contributed by atoms with Gasteiger partial charge in [-0.15, -0.1) is 0 Å². The Morgan fingerprint density at radius 3 is 2.67 bits per heavy atom. The maximum Gasteiger partial charge on any atom is 0.129 e. The van der Waals surface area contributed by atoms with Crippen LogP contribution in [0.15, 0.2) is 18.6 Å². The summed E-state index contributed by atoms with van der Waals surface area (Å²) in [6.07, 6.45) is 4.75. The summed E-state index contributed by atoms with van der Waals surface area (Å²) in [6, 6.07) is 2.10. The topological polar surface area (TPSA) is 78.3 Å². The summed E-state index contributed by atoms with van der Waals surface area (Å²) < 4.78 is 18.9. The van der Waals surface area contributed by atoms with Crippen LogP contribution in [0.4, 0.5) is 5.82 Å². The number of nitrogens with one attached hydrogen (secondary N) is 1. The van der Waals surface area contributed by atoms with E-state index in [2.05, 4.69) is 15.3 Å². The molecule has 2 rings (SSSR count). The lowest BCUT2D eigenvalue weighted by Gasteiger charge is -2.39. The van der Waals surface area contributed by atoms with Gasteiger partial charge in [0.2, 0.25) is 0 Å². The predicted molar refractivity (Wildman–Crippen MR) is 61.3 cm³/mol. The summed E-state index contributed by atoms with van der Waals surface area (Å²) in [5, 5.41) is 3.26. The van der Waals surface area contributed by atoms with E-state index in [1.165, 1.54) is 6.33 Å². The van der Waals surface area contributed by atoms with Crippen molar-refractivity contribution in [2.75, 3.05) is 16.8 Å². The lowest BCUT2D eigenvalue weighted by Crippen LogP contribution is -2.30. The first-order valence-electron chi connectivity index (χ1n) is 4.92. The quantitative estimate of drug-likeness (QED) is 0.720. The minimum atomic E-state index is -2.28. The molecule has 0 aliphatic carbocycles. The van der Waals surface area contributed by atoms with E-state index in [0.717, 1.165) is 18.7 Å². The van der Waals surface area contributed by atoms with E-state index in [9.17, 15) is 9.11 Å². The van der Waals surface area contributed by atoms with Gasteiger partial charge in [0.25, 0.3) is 0 Å². The SMILES string of the molecule is OS1(O)CCC(Nc2ccncn2)CC1. The molecule has 0 radical (unpaired) electrons. The average Bonchev–Trinajstić information content (AvgIpc) is 2.23. The highest BCUT2D eigenvalue weighted by Crippen LogP contribution is 2.44. The Kier molecular flexibility index (Phi) is 3.08. The highest BCUT2D eigenvalue weighted by atomic mass is 32.3. The molecule has 0 aromatic carbocycles.